The third-order valence-electron chi connectivity index (χ3n) is 4.43. The predicted molar refractivity (Wildman–Crippen MR) is 94.9 cm³/mol. The summed E-state index contributed by atoms with van der Waals surface area (Å²) in [5.41, 5.74) is 1.77. The number of benzene rings is 1. The van der Waals surface area contributed by atoms with Gasteiger partial charge < -0.3 is 9.80 Å². The average Bonchev–Trinajstić information content (AvgIpc) is 2.62. The van der Waals surface area contributed by atoms with E-state index in [4.69, 9.17) is 0 Å². The summed E-state index contributed by atoms with van der Waals surface area (Å²) in [4.78, 5) is 25.2. The van der Waals surface area contributed by atoms with E-state index < -0.39 is 0 Å². The van der Waals surface area contributed by atoms with Crippen LogP contribution in [0.5, 0.6) is 0 Å². The van der Waals surface area contributed by atoms with Crippen molar-refractivity contribution in [3.63, 3.8) is 0 Å². The summed E-state index contributed by atoms with van der Waals surface area (Å²) in [5, 5.41) is 0. The summed E-state index contributed by atoms with van der Waals surface area (Å²) < 4.78 is 0. The molecule has 0 radical (unpaired) electrons. The lowest BCUT2D eigenvalue weighted by atomic mass is 10.00. The average molecular weight is 324 g/mol. The van der Waals surface area contributed by atoms with E-state index in [9.17, 15) is 4.79 Å². The second-order valence-electron chi connectivity index (χ2n) is 6.61. The number of carbonyl (C=O) groups excluding carboxylic acids is 1. The molecule has 1 aromatic heterocycles. The molecule has 0 aliphatic carbocycles. The van der Waals surface area contributed by atoms with Crippen LogP contribution in [0.3, 0.4) is 0 Å². The van der Waals surface area contributed by atoms with E-state index in [-0.39, 0.29) is 5.91 Å². The first kappa shape index (κ1) is 16.4. The Kier molecular flexibility index (Phi) is 5.08. The molecule has 1 fully saturated rings. The molecule has 0 N–H and O–H groups in total. The van der Waals surface area contributed by atoms with Gasteiger partial charge in [0, 0.05) is 39.1 Å². The topological polar surface area (TPSA) is 49.3 Å². The van der Waals surface area contributed by atoms with Gasteiger partial charge >= 0.3 is 0 Å². The van der Waals surface area contributed by atoms with Gasteiger partial charge in [0.15, 0.2) is 0 Å². The number of anilines is 1. The Hall–Kier alpha value is -2.43. The fraction of sp³-hybridized carbons (Fsp3) is 0.421. The Bertz CT molecular complexity index is 672. The normalized spacial score (nSPS) is 17.6. The molecule has 126 valence electrons. The fourth-order valence-corrected chi connectivity index (χ4v) is 3.11. The molecule has 1 atom stereocenters. The highest BCUT2D eigenvalue weighted by atomic mass is 16.2. The Morgan fingerprint density at radius 2 is 1.96 bits per heavy atom. The molecule has 1 aliphatic heterocycles. The number of likely N-dealkylation sites (tertiary alicyclic amines) is 1. The van der Waals surface area contributed by atoms with E-state index in [2.05, 4.69) is 29.0 Å². The van der Waals surface area contributed by atoms with Crippen LogP contribution in [0.4, 0.5) is 5.95 Å². The van der Waals surface area contributed by atoms with E-state index in [1.807, 2.05) is 35.0 Å². The molecule has 2 heterocycles. The molecular formula is C19H24N4O. The third-order valence-corrected chi connectivity index (χ3v) is 4.43. The smallest absolute Gasteiger partial charge is 0.257 e. The minimum atomic E-state index is 0.0406. The van der Waals surface area contributed by atoms with Gasteiger partial charge in [-0.3, -0.25) is 4.79 Å². The molecule has 1 aliphatic rings. The fourth-order valence-electron chi connectivity index (χ4n) is 3.11. The lowest BCUT2D eigenvalue weighted by Gasteiger charge is -2.30. The van der Waals surface area contributed by atoms with Crippen molar-refractivity contribution in [1.29, 1.82) is 0 Å². The number of rotatable bonds is 4. The first-order valence-electron chi connectivity index (χ1n) is 8.50. The summed E-state index contributed by atoms with van der Waals surface area (Å²) in [6.45, 7) is 4.59. The van der Waals surface area contributed by atoms with Crippen LogP contribution in [0.15, 0.2) is 42.7 Å². The van der Waals surface area contributed by atoms with Gasteiger partial charge in [-0.1, -0.05) is 37.3 Å². The maximum atomic E-state index is 12.5. The molecule has 0 bridgehead atoms. The van der Waals surface area contributed by atoms with Gasteiger partial charge in [-0.25, -0.2) is 9.97 Å². The van der Waals surface area contributed by atoms with Crippen molar-refractivity contribution < 1.29 is 4.79 Å². The Labute approximate surface area is 143 Å². The van der Waals surface area contributed by atoms with Crippen LogP contribution in [0, 0.1) is 5.92 Å². The van der Waals surface area contributed by atoms with Gasteiger partial charge in [0.1, 0.15) is 0 Å². The van der Waals surface area contributed by atoms with Crippen LogP contribution in [-0.2, 0) is 6.54 Å². The van der Waals surface area contributed by atoms with Crippen LogP contribution in [0.25, 0.3) is 0 Å². The van der Waals surface area contributed by atoms with Crippen LogP contribution >= 0.6 is 0 Å². The predicted octanol–water partition coefficient (Wildman–Crippen LogP) is 2.99. The first-order valence-corrected chi connectivity index (χ1v) is 8.50. The number of hydrogen-bond donors (Lipinski definition) is 0. The second kappa shape index (κ2) is 7.43. The molecule has 1 unspecified atom stereocenters. The molecule has 24 heavy (non-hydrogen) atoms. The SMILES string of the molecule is CC1CCCN(C(=O)c2cnc(N(C)Cc3ccccc3)nc2)C1. The number of hydrogen-bond acceptors (Lipinski definition) is 4. The van der Waals surface area contributed by atoms with Crippen molar-refractivity contribution in [2.45, 2.75) is 26.3 Å². The van der Waals surface area contributed by atoms with Crippen molar-refractivity contribution in [2.24, 2.45) is 5.92 Å². The lowest BCUT2D eigenvalue weighted by Crippen LogP contribution is -2.39. The zero-order valence-corrected chi connectivity index (χ0v) is 14.4. The van der Waals surface area contributed by atoms with Crippen LogP contribution in [0.1, 0.15) is 35.7 Å². The highest BCUT2D eigenvalue weighted by Gasteiger charge is 2.22. The maximum Gasteiger partial charge on any atom is 0.257 e. The van der Waals surface area contributed by atoms with Gasteiger partial charge in [0.25, 0.3) is 5.91 Å². The van der Waals surface area contributed by atoms with Gasteiger partial charge in [0.2, 0.25) is 5.95 Å². The van der Waals surface area contributed by atoms with Gasteiger partial charge in [-0.05, 0) is 24.3 Å². The minimum Gasteiger partial charge on any atom is -0.340 e. The van der Waals surface area contributed by atoms with E-state index >= 15 is 0 Å². The third kappa shape index (κ3) is 3.91. The summed E-state index contributed by atoms with van der Waals surface area (Å²) >= 11 is 0. The molecule has 5 heteroatoms. The summed E-state index contributed by atoms with van der Waals surface area (Å²) in [6.07, 6.45) is 5.56. The Morgan fingerprint density at radius 3 is 2.62 bits per heavy atom. The van der Waals surface area contributed by atoms with Crippen LogP contribution in [0.2, 0.25) is 0 Å². The molecule has 1 aromatic carbocycles. The second-order valence-corrected chi connectivity index (χ2v) is 6.61. The van der Waals surface area contributed by atoms with Crippen molar-refractivity contribution >= 4 is 11.9 Å². The van der Waals surface area contributed by atoms with E-state index in [0.717, 1.165) is 26.1 Å². The molecular weight excluding hydrogens is 300 g/mol. The Morgan fingerprint density at radius 1 is 1.25 bits per heavy atom. The summed E-state index contributed by atoms with van der Waals surface area (Å²) in [5.74, 6) is 1.24. The van der Waals surface area contributed by atoms with Crippen LogP contribution in [-0.4, -0.2) is 40.9 Å². The largest absolute Gasteiger partial charge is 0.340 e. The zero-order valence-electron chi connectivity index (χ0n) is 14.4. The maximum absolute atomic E-state index is 12.5. The Balaban J connectivity index is 1.65. The molecule has 0 spiro atoms. The molecule has 1 saturated heterocycles. The standard InChI is InChI=1S/C19H24N4O/c1-15-7-6-10-23(13-15)18(24)17-11-20-19(21-12-17)22(2)14-16-8-4-3-5-9-16/h3-5,8-9,11-12,15H,6-7,10,13-14H2,1-2H3. The molecule has 5 nitrogen and oxygen atoms in total. The molecule has 1 amide bonds. The molecule has 3 rings (SSSR count). The van der Waals surface area contributed by atoms with E-state index in [1.54, 1.807) is 12.4 Å². The quantitative estimate of drug-likeness (QED) is 0.867. The van der Waals surface area contributed by atoms with Gasteiger partial charge in [-0.2, -0.15) is 0 Å². The summed E-state index contributed by atoms with van der Waals surface area (Å²) in [6, 6.07) is 10.2. The van der Waals surface area contributed by atoms with E-state index in [1.165, 1.54) is 12.0 Å². The van der Waals surface area contributed by atoms with Gasteiger partial charge in [-0.15, -0.1) is 0 Å². The van der Waals surface area contributed by atoms with Crippen LogP contribution < -0.4 is 4.90 Å². The highest BCUT2D eigenvalue weighted by molar-refractivity contribution is 5.93. The number of piperidine rings is 1. The molecule has 0 saturated carbocycles. The lowest BCUT2D eigenvalue weighted by molar-refractivity contribution is 0.0682. The number of carbonyl (C=O) groups is 1. The summed E-state index contributed by atoms with van der Waals surface area (Å²) in [7, 11) is 1.95. The minimum absolute atomic E-state index is 0.0406. The number of nitrogens with zero attached hydrogens (tertiary/aromatic N) is 4. The van der Waals surface area contributed by atoms with Crippen molar-refractivity contribution in [2.75, 3.05) is 25.0 Å². The highest BCUT2D eigenvalue weighted by Crippen LogP contribution is 2.18. The number of amides is 1. The molecule has 2 aromatic rings. The monoisotopic (exact) mass is 324 g/mol. The van der Waals surface area contributed by atoms with Crippen molar-refractivity contribution in [1.82, 2.24) is 14.9 Å². The van der Waals surface area contributed by atoms with E-state index in [0.29, 0.717) is 17.4 Å². The number of aromatic nitrogens is 2. The van der Waals surface area contributed by atoms with Gasteiger partial charge in [0.05, 0.1) is 5.56 Å². The zero-order chi connectivity index (χ0) is 16.9. The van der Waals surface area contributed by atoms with Crippen molar-refractivity contribution in [3.05, 3.63) is 53.9 Å². The first-order chi connectivity index (χ1) is 11.6. The van der Waals surface area contributed by atoms with Crippen molar-refractivity contribution in [3.8, 4) is 0 Å².